The van der Waals surface area contributed by atoms with Crippen LogP contribution in [0.2, 0.25) is 0 Å². The van der Waals surface area contributed by atoms with Crippen molar-refractivity contribution >= 4 is 11.8 Å². The first-order valence-electron chi connectivity index (χ1n) is 7.18. The van der Waals surface area contributed by atoms with E-state index in [1.165, 1.54) is 12.2 Å². The maximum absolute atomic E-state index is 12.4. The van der Waals surface area contributed by atoms with Crippen molar-refractivity contribution in [2.75, 3.05) is 6.61 Å². The lowest BCUT2D eigenvalue weighted by molar-refractivity contribution is -0.132. The Morgan fingerprint density at radius 2 is 1.96 bits per heavy atom. The molecule has 2 rings (SSSR count). The van der Waals surface area contributed by atoms with Crippen LogP contribution in [0.5, 0.6) is 0 Å². The number of carboxylic acids is 1. The highest BCUT2D eigenvalue weighted by Crippen LogP contribution is 2.25. The second-order valence-corrected chi connectivity index (χ2v) is 5.27. The number of rotatable bonds is 7. The molecule has 1 aromatic carbocycles. The number of benzene rings is 1. The average molecular weight is 314 g/mol. The van der Waals surface area contributed by atoms with E-state index in [9.17, 15) is 14.7 Å². The lowest BCUT2D eigenvalue weighted by atomic mass is 9.86. The summed E-state index contributed by atoms with van der Waals surface area (Å²) in [5.41, 5.74) is -1.07. The van der Waals surface area contributed by atoms with Gasteiger partial charge in [-0.25, -0.2) is 4.79 Å². The summed E-state index contributed by atoms with van der Waals surface area (Å²) in [5, 5.41) is 19.2. The van der Waals surface area contributed by atoms with Crippen LogP contribution in [0.15, 0.2) is 66.5 Å². The summed E-state index contributed by atoms with van der Waals surface area (Å²) >= 11 is 0. The number of allylic oxidation sites excluding steroid dienone is 1. The molecule has 0 amide bonds. The Kier molecular flexibility index (Phi) is 5.13. The fourth-order valence-electron chi connectivity index (χ4n) is 2.13. The van der Waals surface area contributed by atoms with Crippen LogP contribution in [0.3, 0.4) is 0 Å². The Hall–Kier alpha value is -2.66. The molecule has 1 aromatic rings. The Bertz CT molecular complexity index is 672. The van der Waals surface area contributed by atoms with Gasteiger partial charge in [0.1, 0.15) is 11.4 Å². The van der Waals surface area contributed by atoms with E-state index in [1.807, 2.05) is 0 Å². The first-order valence-corrected chi connectivity index (χ1v) is 7.18. The Morgan fingerprint density at radius 3 is 2.52 bits per heavy atom. The predicted molar refractivity (Wildman–Crippen MR) is 84.9 cm³/mol. The Labute approximate surface area is 134 Å². The quantitative estimate of drug-likeness (QED) is 0.597. The van der Waals surface area contributed by atoms with E-state index in [4.69, 9.17) is 9.84 Å². The molecule has 0 fully saturated rings. The van der Waals surface area contributed by atoms with Crippen molar-refractivity contribution in [2.24, 2.45) is 0 Å². The van der Waals surface area contributed by atoms with Gasteiger partial charge in [0.05, 0.1) is 6.61 Å². The summed E-state index contributed by atoms with van der Waals surface area (Å²) in [4.78, 5) is 23.0. The monoisotopic (exact) mass is 314 g/mol. The molecule has 5 heteroatoms. The largest absolute Gasteiger partial charge is 0.494 e. The maximum atomic E-state index is 12.4. The van der Waals surface area contributed by atoms with Crippen molar-refractivity contribution in [2.45, 2.75) is 18.4 Å². The molecule has 0 radical (unpaired) electrons. The van der Waals surface area contributed by atoms with Gasteiger partial charge in [0, 0.05) is 24.0 Å². The number of carboxylic acid groups (broad SMARTS) is 1. The van der Waals surface area contributed by atoms with Crippen molar-refractivity contribution < 1.29 is 24.5 Å². The van der Waals surface area contributed by atoms with E-state index >= 15 is 0 Å². The fourth-order valence-corrected chi connectivity index (χ4v) is 2.13. The molecule has 1 aliphatic rings. The topological polar surface area (TPSA) is 83.8 Å². The predicted octanol–water partition coefficient (Wildman–Crippen LogP) is 2.49. The molecular formula is C18H18O5. The fraction of sp³-hybridized carbons (Fsp3) is 0.222. The third-order valence-corrected chi connectivity index (χ3v) is 3.54. The molecule has 23 heavy (non-hydrogen) atoms. The van der Waals surface area contributed by atoms with Crippen LogP contribution in [0.1, 0.15) is 23.2 Å². The number of hydrogen-bond acceptors (Lipinski definition) is 4. The summed E-state index contributed by atoms with van der Waals surface area (Å²) in [6.45, 7) is 3.59. The molecule has 1 atom stereocenters. The summed E-state index contributed by atoms with van der Waals surface area (Å²) < 4.78 is 5.41. The summed E-state index contributed by atoms with van der Waals surface area (Å²) in [5.74, 6) is -0.928. The zero-order chi connectivity index (χ0) is 16.9. The maximum Gasteiger partial charge on any atom is 0.331 e. The van der Waals surface area contributed by atoms with Crippen LogP contribution < -0.4 is 0 Å². The van der Waals surface area contributed by atoms with Crippen LogP contribution in [0, 0.1) is 0 Å². The highest BCUT2D eigenvalue weighted by Gasteiger charge is 2.34. The molecule has 1 aliphatic carbocycles. The smallest absolute Gasteiger partial charge is 0.331 e. The number of carbonyl (C=O) groups excluding carboxylic acids is 1. The molecule has 0 saturated carbocycles. The van der Waals surface area contributed by atoms with Crippen molar-refractivity contribution in [1.29, 1.82) is 0 Å². The van der Waals surface area contributed by atoms with Crippen LogP contribution in [0.25, 0.3) is 0 Å². The highest BCUT2D eigenvalue weighted by atomic mass is 16.5. The van der Waals surface area contributed by atoms with Gasteiger partial charge >= 0.3 is 5.97 Å². The minimum absolute atomic E-state index is 0.0705. The lowest BCUT2D eigenvalue weighted by Crippen LogP contribution is -2.37. The number of ether oxygens (including phenoxy) is 1. The highest BCUT2D eigenvalue weighted by molar-refractivity contribution is 6.04. The number of ketones is 1. The number of carbonyl (C=O) groups is 2. The van der Waals surface area contributed by atoms with Gasteiger partial charge in [-0.2, -0.15) is 0 Å². The summed E-state index contributed by atoms with van der Waals surface area (Å²) in [6, 6.07) is 8.59. The third kappa shape index (κ3) is 4.17. The van der Waals surface area contributed by atoms with Gasteiger partial charge in [0.25, 0.3) is 0 Å². The number of Topliss-reactive ketones (excluding diaryl/α,β-unsaturated/α-hetero) is 1. The molecule has 2 N–H and O–H groups in total. The molecule has 1 unspecified atom stereocenters. The third-order valence-electron chi connectivity index (χ3n) is 3.54. The molecule has 0 aromatic heterocycles. The number of hydrogen-bond donors (Lipinski definition) is 2. The Balaban J connectivity index is 1.93. The van der Waals surface area contributed by atoms with Gasteiger partial charge in [0.2, 0.25) is 0 Å². The van der Waals surface area contributed by atoms with Crippen LogP contribution in [0.4, 0.5) is 0 Å². The summed E-state index contributed by atoms with van der Waals surface area (Å²) in [6.07, 6.45) is 4.85. The van der Waals surface area contributed by atoms with Crippen molar-refractivity contribution in [3.05, 3.63) is 72.0 Å². The number of aliphatic carboxylic acids is 1. The van der Waals surface area contributed by atoms with Gasteiger partial charge in [-0.05, 0) is 18.2 Å². The van der Waals surface area contributed by atoms with Crippen LogP contribution in [-0.2, 0) is 9.53 Å². The zero-order valence-electron chi connectivity index (χ0n) is 12.6. The van der Waals surface area contributed by atoms with E-state index < -0.39 is 11.6 Å². The second kappa shape index (κ2) is 7.07. The van der Waals surface area contributed by atoms with Crippen LogP contribution >= 0.6 is 0 Å². The second-order valence-electron chi connectivity index (χ2n) is 5.27. The van der Waals surface area contributed by atoms with E-state index in [1.54, 1.807) is 36.4 Å². The van der Waals surface area contributed by atoms with Crippen molar-refractivity contribution in [3.63, 3.8) is 0 Å². The molecular weight excluding hydrogens is 296 g/mol. The van der Waals surface area contributed by atoms with E-state index in [0.717, 1.165) is 0 Å². The van der Waals surface area contributed by atoms with Gasteiger partial charge in [-0.3, -0.25) is 4.79 Å². The molecule has 120 valence electrons. The average Bonchev–Trinajstić information content (AvgIpc) is 2.56. The molecule has 5 nitrogen and oxygen atoms in total. The van der Waals surface area contributed by atoms with Crippen molar-refractivity contribution in [3.8, 4) is 0 Å². The first kappa shape index (κ1) is 16.7. The SMILES string of the molecule is C=C(CCOC1=CCC(O)(C(=O)c2ccccc2)C=C1)C(=O)O. The van der Waals surface area contributed by atoms with Gasteiger partial charge in [0.15, 0.2) is 5.78 Å². The minimum Gasteiger partial charge on any atom is -0.494 e. The standard InChI is InChI=1S/C18H18O5/c1-13(17(20)21)9-12-23-15-7-10-18(22,11-8-15)16(19)14-5-3-2-4-6-14/h2-8,10,22H,1,9,11-12H2,(H,20,21). The van der Waals surface area contributed by atoms with E-state index in [2.05, 4.69) is 6.58 Å². The molecule has 0 heterocycles. The van der Waals surface area contributed by atoms with E-state index in [0.29, 0.717) is 11.3 Å². The van der Waals surface area contributed by atoms with Gasteiger partial charge in [-0.15, -0.1) is 0 Å². The lowest BCUT2D eigenvalue weighted by Gasteiger charge is -2.25. The first-order chi connectivity index (χ1) is 10.9. The normalized spacial score (nSPS) is 19.8. The zero-order valence-corrected chi connectivity index (χ0v) is 12.6. The van der Waals surface area contributed by atoms with E-state index in [-0.39, 0.29) is 30.8 Å². The minimum atomic E-state index is -1.58. The van der Waals surface area contributed by atoms with Gasteiger partial charge in [-0.1, -0.05) is 36.9 Å². The summed E-state index contributed by atoms with van der Waals surface area (Å²) in [7, 11) is 0. The van der Waals surface area contributed by atoms with Gasteiger partial charge < -0.3 is 14.9 Å². The Morgan fingerprint density at radius 1 is 1.26 bits per heavy atom. The van der Waals surface area contributed by atoms with Crippen LogP contribution in [-0.4, -0.2) is 34.2 Å². The molecule has 0 bridgehead atoms. The van der Waals surface area contributed by atoms with Crippen molar-refractivity contribution in [1.82, 2.24) is 0 Å². The molecule has 0 saturated heterocycles. The molecule has 0 spiro atoms. The molecule has 0 aliphatic heterocycles. The number of aliphatic hydroxyl groups is 1.